The largest absolute Gasteiger partial charge is 0.302 e. The molecule has 0 spiro atoms. The lowest BCUT2D eigenvalue weighted by Crippen LogP contribution is -2.01. The first-order chi connectivity index (χ1) is 14.1. The van der Waals surface area contributed by atoms with E-state index >= 15 is 0 Å². The highest BCUT2D eigenvalue weighted by molar-refractivity contribution is 7.98. The van der Waals surface area contributed by atoms with Gasteiger partial charge in [0.15, 0.2) is 11.0 Å². The van der Waals surface area contributed by atoms with Crippen LogP contribution in [0, 0.1) is 13.8 Å². The number of nitrogens with zero attached hydrogens (tertiary/aromatic N) is 4. The van der Waals surface area contributed by atoms with E-state index < -0.39 is 0 Å². The third kappa shape index (κ3) is 4.04. The van der Waals surface area contributed by atoms with E-state index in [2.05, 4.69) is 77.5 Å². The number of thiazole rings is 1. The van der Waals surface area contributed by atoms with Crippen molar-refractivity contribution in [1.29, 1.82) is 0 Å². The van der Waals surface area contributed by atoms with Crippen molar-refractivity contribution < 1.29 is 0 Å². The van der Waals surface area contributed by atoms with Gasteiger partial charge in [0.1, 0.15) is 5.01 Å². The maximum atomic E-state index is 4.85. The predicted molar refractivity (Wildman–Crippen MR) is 125 cm³/mol. The number of thiophene rings is 1. The molecule has 3 aromatic heterocycles. The number of hydrogen-bond donors (Lipinski definition) is 0. The normalized spacial score (nSPS) is 11.3. The molecule has 0 unspecified atom stereocenters. The van der Waals surface area contributed by atoms with Gasteiger partial charge in [0.25, 0.3) is 0 Å². The summed E-state index contributed by atoms with van der Waals surface area (Å²) in [5.41, 5.74) is 6.18. The average Bonchev–Trinajstić information content (AvgIpc) is 3.44. The van der Waals surface area contributed by atoms with Crippen molar-refractivity contribution in [1.82, 2.24) is 19.7 Å². The van der Waals surface area contributed by atoms with E-state index in [1.807, 2.05) is 0 Å². The van der Waals surface area contributed by atoms with Gasteiger partial charge < -0.3 is 4.57 Å². The summed E-state index contributed by atoms with van der Waals surface area (Å²) in [5.74, 6) is 1.78. The van der Waals surface area contributed by atoms with Crippen molar-refractivity contribution in [3.05, 3.63) is 56.7 Å². The van der Waals surface area contributed by atoms with E-state index in [1.54, 1.807) is 34.4 Å². The second-order valence-electron chi connectivity index (χ2n) is 6.84. The molecule has 1 aromatic carbocycles. The van der Waals surface area contributed by atoms with Crippen LogP contribution in [0.3, 0.4) is 0 Å². The SMILES string of the molecule is CCc1c(-c2nnc(SCc3csc(-c4ccccc4C)n3)n2CC)csc1C. The van der Waals surface area contributed by atoms with E-state index in [0.717, 1.165) is 40.4 Å². The minimum Gasteiger partial charge on any atom is -0.302 e. The Morgan fingerprint density at radius 2 is 1.83 bits per heavy atom. The van der Waals surface area contributed by atoms with Crippen LogP contribution in [-0.4, -0.2) is 19.7 Å². The zero-order chi connectivity index (χ0) is 20.4. The van der Waals surface area contributed by atoms with Crippen LogP contribution in [-0.2, 0) is 18.7 Å². The van der Waals surface area contributed by atoms with Crippen LogP contribution >= 0.6 is 34.4 Å². The predicted octanol–water partition coefficient (Wildman–Crippen LogP) is 6.62. The van der Waals surface area contributed by atoms with Crippen LogP contribution in [0.2, 0.25) is 0 Å². The molecule has 0 aliphatic rings. The molecule has 150 valence electrons. The Balaban J connectivity index is 1.54. The van der Waals surface area contributed by atoms with E-state index in [9.17, 15) is 0 Å². The summed E-state index contributed by atoms with van der Waals surface area (Å²) in [6.07, 6.45) is 1.02. The third-order valence-electron chi connectivity index (χ3n) is 5.01. The molecule has 7 heteroatoms. The van der Waals surface area contributed by atoms with Crippen molar-refractivity contribution in [3.8, 4) is 22.0 Å². The van der Waals surface area contributed by atoms with E-state index in [0.29, 0.717) is 0 Å². The molecule has 0 amide bonds. The Kier molecular flexibility index (Phi) is 6.18. The summed E-state index contributed by atoms with van der Waals surface area (Å²) in [7, 11) is 0. The molecule has 0 fully saturated rings. The van der Waals surface area contributed by atoms with Crippen molar-refractivity contribution in [2.45, 2.75) is 51.6 Å². The molecular weight excluding hydrogens is 416 g/mol. The second-order valence-corrected chi connectivity index (χ2v) is 9.72. The molecular formula is C22H24N4S3. The number of aromatic nitrogens is 4. The van der Waals surface area contributed by atoms with Gasteiger partial charge in [-0.15, -0.1) is 32.9 Å². The van der Waals surface area contributed by atoms with Crippen LogP contribution < -0.4 is 0 Å². The molecule has 3 heterocycles. The fraction of sp³-hybridized carbons (Fsp3) is 0.318. The molecule has 0 radical (unpaired) electrons. The van der Waals surface area contributed by atoms with Gasteiger partial charge in [0, 0.05) is 39.1 Å². The van der Waals surface area contributed by atoms with Gasteiger partial charge in [-0.2, -0.15) is 0 Å². The monoisotopic (exact) mass is 440 g/mol. The van der Waals surface area contributed by atoms with Crippen LogP contribution in [0.15, 0.2) is 40.2 Å². The minimum absolute atomic E-state index is 0.795. The van der Waals surface area contributed by atoms with Crippen molar-refractivity contribution in [2.75, 3.05) is 0 Å². The topological polar surface area (TPSA) is 43.6 Å². The van der Waals surface area contributed by atoms with Crippen molar-refractivity contribution in [2.24, 2.45) is 0 Å². The number of rotatable bonds is 7. The fourth-order valence-corrected chi connectivity index (χ4v) is 6.28. The third-order valence-corrected chi connectivity index (χ3v) is 7.89. The Hall–Kier alpha value is -1.96. The summed E-state index contributed by atoms with van der Waals surface area (Å²) in [4.78, 5) is 6.22. The van der Waals surface area contributed by atoms with Crippen molar-refractivity contribution in [3.63, 3.8) is 0 Å². The number of aryl methyl sites for hydroxylation is 2. The van der Waals surface area contributed by atoms with Gasteiger partial charge in [-0.25, -0.2) is 4.98 Å². The Bertz CT molecular complexity index is 1120. The molecule has 4 aromatic rings. The molecule has 0 N–H and O–H groups in total. The highest BCUT2D eigenvalue weighted by Gasteiger charge is 2.18. The lowest BCUT2D eigenvalue weighted by Gasteiger charge is -2.07. The van der Waals surface area contributed by atoms with Crippen LogP contribution in [0.1, 0.15) is 35.5 Å². The minimum atomic E-state index is 0.795. The summed E-state index contributed by atoms with van der Waals surface area (Å²) in [6.45, 7) is 9.53. The maximum absolute atomic E-state index is 4.85. The first-order valence-corrected chi connectivity index (χ1v) is 12.5. The van der Waals surface area contributed by atoms with E-state index in [-0.39, 0.29) is 0 Å². The smallest absolute Gasteiger partial charge is 0.191 e. The second kappa shape index (κ2) is 8.81. The lowest BCUT2D eigenvalue weighted by atomic mass is 10.1. The maximum Gasteiger partial charge on any atom is 0.191 e. The molecule has 0 atom stereocenters. The molecule has 0 bridgehead atoms. The van der Waals surface area contributed by atoms with Gasteiger partial charge in [0.05, 0.1) is 5.69 Å². The average molecular weight is 441 g/mol. The summed E-state index contributed by atoms with van der Waals surface area (Å²) < 4.78 is 2.22. The molecule has 0 aliphatic carbocycles. The van der Waals surface area contributed by atoms with E-state index in [4.69, 9.17) is 4.98 Å². The van der Waals surface area contributed by atoms with Crippen LogP contribution in [0.5, 0.6) is 0 Å². The van der Waals surface area contributed by atoms with Gasteiger partial charge in [-0.05, 0) is 38.3 Å². The van der Waals surface area contributed by atoms with E-state index in [1.165, 1.54) is 27.1 Å². The van der Waals surface area contributed by atoms with Crippen molar-refractivity contribution >= 4 is 34.4 Å². The first kappa shape index (κ1) is 20.3. The Morgan fingerprint density at radius 3 is 2.59 bits per heavy atom. The number of thioether (sulfide) groups is 1. The summed E-state index contributed by atoms with van der Waals surface area (Å²) in [5, 5.41) is 15.4. The van der Waals surface area contributed by atoms with Gasteiger partial charge >= 0.3 is 0 Å². The number of benzene rings is 1. The molecule has 4 rings (SSSR count). The Morgan fingerprint density at radius 1 is 1.00 bits per heavy atom. The molecule has 29 heavy (non-hydrogen) atoms. The standard InChI is InChI=1S/C22H24N4S3/c1-5-17-15(4)27-13-19(17)20-24-25-22(26(20)6-2)29-12-16-11-28-21(23-16)18-10-8-7-9-14(18)3/h7-11,13H,5-6,12H2,1-4H3. The van der Waals surface area contributed by atoms with Gasteiger partial charge in [0.2, 0.25) is 0 Å². The molecule has 0 aliphatic heterocycles. The zero-order valence-corrected chi connectivity index (χ0v) is 19.5. The van der Waals surface area contributed by atoms with Crippen LogP contribution in [0.4, 0.5) is 0 Å². The molecule has 0 saturated heterocycles. The molecule has 0 saturated carbocycles. The zero-order valence-electron chi connectivity index (χ0n) is 17.1. The van der Waals surface area contributed by atoms with Crippen LogP contribution in [0.25, 0.3) is 22.0 Å². The number of hydrogen-bond acceptors (Lipinski definition) is 6. The van der Waals surface area contributed by atoms with Gasteiger partial charge in [-0.1, -0.05) is 43.0 Å². The highest BCUT2D eigenvalue weighted by atomic mass is 32.2. The highest BCUT2D eigenvalue weighted by Crippen LogP contribution is 2.34. The molecule has 4 nitrogen and oxygen atoms in total. The summed E-state index contributed by atoms with van der Waals surface area (Å²) in [6, 6.07) is 8.41. The fourth-order valence-electron chi connectivity index (χ4n) is 3.43. The Labute approximate surface area is 184 Å². The first-order valence-electron chi connectivity index (χ1n) is 9.76. The lowest BCUT2D eigenvalue weighted by molar-refractivity contribution is 0.687. The quantitative estimate of drug-likeness (QED) is 0.303. The van der Waals surface area contributed by atoms with Gasteiger partial charge in [-0.3, -0.25) is 0 Å². The summed E-state index contributed by atoms with van der Waals surface area (Å²) >= 11 is 5.21.